The third-order valence-electron chi connectivity index (χ3n) is 4.53. The molecule has 28 heavy (non-hydrogen) atoms. The minimum Gasteiger partial charge on any atom is -0.463 e. The average molecular weight is 394 g/mol. The summed E-state index contributed by atoms with van der Waals surface area (Å²) in [5.74, 6) is 0.346. The second kappa shape index (κ2) is 7.78. The van der Waals surface area contributed by atoms with E-state index >= 15 is 0 Å². The largest absolute Gasteiger partial charge is 0.463 e. The monoisotopic (exact) mass is 393 g/mol. The number of halogens is 1. The Morgan fingerprint density at radius 3 is 2.57 bits per heavy atom. The molecule has 0 atom stereocenters. The zero-order valence-corrected chi connectivity index (χ0v) is 15.6. The van der Waals surface area contributed by atoms with Gasteiger partial charge >= 0.3 is 0 Å². The molecule has 1 N–H and O–H groups in total. The smallest absolute Gasteiger partial charge is 0.293 e. The summed E-state index contributed by atoms with van der Waals surface area (Å²) < 4.78 is 4.76. The first-order valence-electron chi connectivity index (χ1n) is 8.71. The van der Waals surface area contributed by atoms with Crippen molar-refractivity contribution in [3.8, 4) is 11.4 Å². The molecular weight excluding hydrogens is 378 g/mol. The Bertz CT molecular complexity index is 1050. The van der Waals surface area contributed by atoms with Crippen LogP contribution in [0.4, 0.5) is 0 Å². The van der Waals surface area contributed by atoms with E-state index < -0.39 is 0 Å². The van der Waals surface area contributed by atoms with Crippen LogP contribution in [-0.4, -0.2) is 22.3 Å². The number of nitrogens with one attached hydrogen (secondary N) is 1. The van der Waals surface area contributed by atoms with Crippen LogP contribution in [0.2, 0.25) is 5.02 Å². The Labute approximate surface area is 166 Å². The van der Waals surface area contributed by atoms with E-state index in [1.54, 1.807) is 6.07 Å². The summed E-state index contributed by atoms with van der Waals surface area (Å²) in [5.41, 5.74) is 4.48. The Hall–Kier alpha value is -3.25. The molecule has 140 valence electrons. The van der Waals surface area contributed by atoms with E-state index in [1.807, 2.05) is 42.5 Å². The van der Waals surface area contributed by atoms with Gasteiger partial charge < -0.3 is 10.1 Å². The molecule has 7 heteroatoms. The molecule has 2 aromatic carbocycles. The van der Waals surface area contributed by atoms with Crippen molar-refractivity contribution in [1.29, 1.82) is 0 Å². The quantitative estimate of drug-likeness (QED) is 0.650. The van der Waals surface area contributed by atoms with Crippen LogP contribution in [0.25, 0.3) is 11.4 Å². The third-order valence-corrected chi connectivity index (χ3v) is 4.86. The Balaban J connectivity index is 1.71. The number of nitrogens with zero attached hydrogens (tertiary/aromatic N) is 2. The van der Waals surface area contributed by atoms with Crippen LogP contribution in [0.5, 0.6) is 0 Å². The number of amides is 1. The lowest BCUT2D eigenvalue weighted by atomic mass is 10.0. The van der Waals surface area contributed by atoms with Crippen LogP contribution in [0.15, 0.2) is 48.5 Å². The fraction of sp³-hybridized carbons (Fsp3) is 0.143. The Morgan fingerprint density at radius 1 is 1.07 bits per heavy atom. The molecule has 0 saturated carbocycles. The first-order valence-corrected chi connectivity index (χ1v) is 9.09. The van der Waals surface area contributed by atoms with Gasteiger partial charge in [-0.15, -0.1) is 0 Å². The summed E-state index contributed by atoms with van der Waals surface area (Å²) in [4.78, 5) is 31.8. The normalized spacial score (nSPS) is 12.4. The maximum atomic E-state index is 12.3. The molecule has 0 aliphatic carbocycles. The van der Waals surface area contributed by atoms with Crippen molar-refractivity contribution < 1.29 is 14.3 Å². The van der Waals surface area contributed by atoms with Crippen molar-refractivity contribution in [3.05, 3.63) is 81.6 Å². The van der Waals surface area contributed by atoms with Gasteiger partial charge in [0, 0.05) is 12.0 Å². The maximum Gasteiger partial charge on any atom is 0.293 e. The lowest BCUT2D eigenvalue weighted by molar-refractivity contribution is -0.129. The molecule has 0 saturated heterocycles. The van der Waals surface area contributed by atoms with Crippen LogP contribution in [0, 0.1) is 0 Å². The minimum atomic E-state index is -0.160. The van der Waals surface area contributed by atoms with E-state index in [4.69, 9.17) is 16.3 Å². The molecule has 0 bridgehead atoms. The number of hydrogen-bond acceptors (Lipinski definition) is 5. The molecule has 0 radical (unpaired) electrons. The molecule has 0 fully saturated rings. The number of carbonyl (C=O) groups excluding carboxylic acids is 2. The number of aromatic nitrogens is 2. The molecule has 6 nitrogen and oxygen atoms in total. The molecule has 1 aromatic heterocycles. The fourth-order valence-corrected chi connectivity index (χ4v) is 3.39. The minimum absolute atomic E-state index is 0.160. The fourth-order valence-electron chi connectivity index (χ4n) is 3.17. The second-order valence-corrected chi connectivity index (χ2v) is 6.79. The van der Waals surface area contributed by atoms with Gasteiger partial charge in [0.25, 0.3) is 12.4 Å². The second-order valence-electron chi connectivity index (χ2n) is 6.38. The predicted molar refractivity (Wildman–Crippen MR) is 104 cm³/mol. The Kier molecular flexibility index (Phi) is 5.04. The highest BCUT2D eigenvalue weighted by molar-refractivity contribution is 6.33. The van der Waals surface area contributed by atoms with Crippen molar-refractivity contribution in [3.63, 3.8) is 0 Å². The zero-order chi connectivity index (χ0) is 19.5. The van der Waals surface area contributed by atoms with Gasteiger partial charge in [-0.2, -0.15) is 0 Å². The number of hydrogen-bond donors (Lipinski definition) is 1. The maximum absolute atomic E-state index is 12.3. The lowest BCUT2D eigenvalue weighted by Gasteiger charge is -2.10. The van der Waals surface area contributed by atoms with Gasteiger partial charge in [0.2, 0.25) is 0 Å². The van der Waals surface area contributed by atoms with Crippen molar-refractivity contribution >= 4 is 24.0 Å². The van der Waals surface area contributed by atoms with Gasteiger partial charge in [-0.25, -0.2) is 9.97 Å². The molecule has 1 aliphatic rings. The molecule has 0 spiro atoms. The van der Waals surface area contributed by atoms with Gasteiger partial charge in [-0.1, -0.05) is 48.0 Å². The number of fused-ring (bicyclic) bond motifs is 1. The first kappa shape index (κ1) is 18.1. The number of benzene rings is 2. The molecular formula is C21H16ClN3O3. The van der Waals surface area contributed by atoms with Gasteiger partial charge in [0.05, 0.1) is 28.5 Å². The Morgan fingerprint density at radius 2 is 1.82 bits per heavy atom. The van der Waals surface area contributed by atoms with Crippen LogP contribution in [-0.2, 0) is 29.1 Å². The van der Waals surface area contributed by atoms with Crippen LogP contribution < -0.4 is 5.32 Å². The van der Waals surface area contributed by atoms with Crippen molar-refractivity contribution in [2.24, 2.45) is 0 Å². The highest BCUT2D eigenvalue weighted by atomic mass is 35.5. The molecule has 3 aromatic rings. The van der Waals surface area contributed by atoms with Gasteiger partial charge in [0.1, 0.15) is 6.61 Å². The van der Waals surface area contributed by atoms with E-state index in [1.165, 1.54) is 0 Å². The SMILES string of the molecule is O=COCc1ccc(Cc2nc(-c3ccccc3Cl)nc3c2C(=O)NC3)cc1. The van der Waals surface area contributed by atoms with Crippen LogP contribution in [0.1, 0.15) is 32.9 Å². The number of ether oxygens (including phenoxy) is 1. The highest BCUT2D eigenvalue weighted by Crippen LogP contribution is 2.28. The van der Waals surface area contributed by atoms with Crippen LogP contribution >= 0.6 is 11.6 Å². The summed E-state index contributed by atoms with van der Waals surface area (Å²) in [5, 5.41) is 3.37. The van der Waals surface area contributed by atoms with Crippen LogP contribution in [0.3, 0.4) is 0 Å². The van der Waals surface area contributed by atoms with Crippen molar-refractivity contribution in [2.75, 3.05) is 0 Å². The zero-order valence-electron chi connectivity index (χ0n) is 14.8. The summed E-state index contributed by atoms with van der Waals surface area (Å²) >= 11 is 6.31. The topological polar surface area (TPSA) is 81.2 Å². The van der Waals surface area contributed by atoms with E-state index in [2.05, 4.69) is 15.3 Å². The number of carbonyl (C=O) groups is 2. The molecule has 1 aliphatic heterocycles. The summed E-state index contributed by atoms with van der Waals surface area (Å²) in [6.45, 7) is 1.03. The summed E-state index contributed by atoms with van der Waals surface area (Å²) in [6, 6.07) is 15.0. The standard InChI is InChI=1S/C21H16ClN3O3/c22-16-4-2-1-3-15(16)20-24-17(19-18(25-20)10-23-21(19)27)9-13-5-7-14(8-6-13)11-28-12-26/h1-8,12H,9-11H2,(H,23,27). The lowest BCUT2D eigenvalue weighted by Crippen LogP contribution is -2.14. The first-order chi connectivity index (χ1) is 13.7. The molecule has 4 rings (SSSR count). The van der Waals surface area contributed by atoms with E-state index in [0.29, 0.717) is 47.2 Å². The van der Waals surface area contributed by atoms with Crippen molar-refractivity contribution in [1.82, 2.24) is 15.3 Å². The predicted octanol–water partition coefficient (Wildman–Crippen LogP) is 3.30. The van der Waals surface area contributed by atoms with E-state index in [0.717, 1.165) is 16.7 Å². The van der Waals surface area contributed by atoms with E-state index in [-0.39, 0.29) is 12.5 Å². The highest BCUT2D eigenvalue weighted by Gasteiger charge is 2.27. The van der Waals surface area contributed by atoms with Gasteiger partial charge in [0.15, 0.2) is 5.82 Å². The number of rotatable bonds is 6. The molecule has 1 amide bonds. The van der Waals surface area contributed by atoms with Gasteiger partial charge in [-0.3, -0.25) is 9.59 Å². The average Bonchev–Trinajstić information content (AvgIpc) is 3.09. The van der Waals surface area contributed by atoms with Crippen molar-refractivity contribution in [2.45, 2.75) is 19.6 Å². The molecule has 0 unspecified atom stereocenters. The van der Waals surface area contributed by atoms with E-state index in [9.17, 15) is 9.59 Å². The van der Waals surface area contributed by atoms with Gasteiger partial charge in [-0.05, 0) is 23.3 Å². The molecule has 2 heterocycles. The third kappa shape index (κ3) is 3.59. The summed E-state index contributed by atoms with van der Waals surface area (Å²) in [7, 11) is 0. The summed E-state index contributed by atoms with van der Waals surface area (Å²) in [6.07, 6.45) is 0.477.